The van der Waals surface area contributed by atoms with Crippen LogP contribution in [0.4, 0.5) is 0 Å². The second kappa shape index (κ2) is 9.34. The molecule has 0 fully saturated rings. The van der Waals surface area contributed by atoms with E-state index in [-0.39, 0.29) is 19.3 Å². The minimum Gasteiger partial charge on any atom is -0.479 e. The summed E-state index contributed by atoms with van der Waals surface area (Å²) < 4.78 is 10.3. The summed E-state index contributed by atoms with van der Waals surface area (Å²) in [6, 6.07) is 9.64. The number of nitrogens with one attached hydrogen (secondary N) is 1. The molecule has 1 atom stereocenters. The van der Waals surface area contributed by atoms with E-state index in [9.17, 15) is 0 Å². The van der Waals surface area contributed by atoms with Gasteiger partial charge in [-0.25, -0.2) is 0 Å². The number of hydrogen-bond donors (Lipinski definition) is 2. The van der Waals surface area contributed by atoms with Crippen molar-refractivity contribution in [2.45, 2.75) is 19.0 Å². The molecule has 1 rings (SSSR count). The van der Waals surface area contributed by atoms with Crippen molar-refractivity contribution in [2.24, 2.45) is 0 Å². The van der Waals surface area contributed by atoms with Gasteiger partial charge in [0, 0.05) is 26.3 Å². The first-order valence-electron chi connectivity index (χ1n) is 6.22. The van der Waals surface area contributed by atoms with E-state index in [0.717, 1.165) is 5.56 Å². The molecular formula is C14H20N2O3. The third-order valence-corrected chi connectivity index (χ3v) is 2.67. The maximum absolute atomic E-state index is 8.94. The summed E-state index contributed by atoms with van der Waals surface area (Å²) in [4.78, 5) is 0. The lowest BCUT2D eigenvalue weighted by molar-refractivity contribution is 0.148. The lowest BCUT2D eigenvalue weighted by Gasteiger charge is -2.16. The molecule has 2 N–H and O–H groups in total. The van der Waals surface area contributed by atoms with Gasteiger partial charge < -0.3 is 19.9 Å². The predicted octanol–water partition coefficient (Wildman–Crippen LogP) is 1.08. The Morgan fingerprint density at radius 1 is 1.37 bits per heavy atom. The van der Waals surface area contributed by atoms with Gasteiger partial charge in [0.25, 0.3) is 0 Å². The molecule has 0 aliphatic rings. The van der Waals surface area contributed by atoms with Gasteiger partial charge in [0.15, 0.2) is 6.61 Å². The largest absolute Gasteiger partial charge is 0.479 e. The van der Waals surface area contributed by atoms with Gasteiger partial charge in [0.2, 0.25) is 0 Å². The van der Waals surface area contributed by atoms with Crippen molar-refractivity contribution in [3.8, 4) is 11.8 Å². The Morgan fingerprint density at radius 2 is 2.11 bits per heavy atom. The van der Waals surface area contributed by atoms with Crippen LogP contribution >= 0.6 is 0 Å². The summed E-state index contributed by atoms with van der Waals surface area (Å²) in [6.45, 7) is 1.47. The number of aliphatic hydroxyl groups excluding tert-OH is 1. The van der Waals surface area contributed by atoms with E-state index >= 15 is 0 Å². The van der Waals surface area contributed by atoms with Gasteiger partial charge in [-0.05, 0) is 24.1 Å². The highest BCUT2D eigenvalue weighted by atomic mass is 16.5. The Bertz CT molecular complexity index is 381. The van der Waals surface area contributed by atoms with Gasteiger partial charge in [-0.3, -0.25) is 0 Å². The first-order chi connectivity index (χ1) is 9.30. The van der Waals surface area contributed by atoms with Crippen molar-refractivity contribution in [1.29, 1.82) is 5.26 Å². The molecule has 0 bridgehead atoms. The van der Waals surface area contributed by atoms with E-state index in [2.05, 4.69) is 5.32 Å². The molecule has 0 aromatic heterocycles. The summed E-state index contributed by atoms with van der Waals surface area (Å²) in [6.07, 6.45) is 0.664. The topological polar surface area (TPSA) is 74.5 Å². The van der Waals surface area contributed by atoms with Crippen LogP contribution in [-0.4, -0.2) is 38.1 Å². The molecule has 0 saturated carbocycles. The number of ether oxygens (including phenoxy) is 2. The molecule has 1 aromatic carbocycles. The van der Waals surface area contributed by atoms with Gasteiger partial charge in [0.05, 0.1) is 6.61 Å². The molecule has 5 heteroatoms. The van der Waals surface area contributed by atoms with Crippen molar-refractivity contribution < 1.29 is 14.6 Å². The fourth-order valence-electron chi connectivity index (χ4n) is 1.68. The average molecular weight is 264 g/mol. The highest BCUT2D eigenvalue weighted by Gasteiger charge is 2.06. The number of hydrogen-bond acceptors (Lipinski definition) is 5. The van der Waals surface area contributed by atoms with E-state index in [1.54, 1.807) is 7.11 Å². The highest BCUT2D eigenvalue weighted by Crippen LogP contribution is 2.12. The van der Waals surface area contributed by atoms with Crippen LogP contribution in [0.1, 0.15) is 12.0 Å². The molecule has 0 heterocycles. The third kappa shape index (κ3) is 6.20. The van der Waals surface area contributed by atoms with Gasteiger partial charge in [-0.1, -0.05) is 12.1 Å². The average Bonchev–Trinajstić information content (AvgIpc) is 2.44. The summed E-state index contributed by atoms with van der Waals surface area (Å²) in [7, 11) is 1.65. The van der Waals surface area contributed by atoms with Gasteiger partial charge >= 0.3 is 0 Å². The summed E-state index contributed by atoms with van der Waals surface area (Å²) in [5, 5.41) is 20.7. The first kappa shape index (κ1) is 15.4. The summed E-state index contributed by atoms with van der Waals surface area (Å²) in [5.74, 6) is 0.689. The van der Waals surface area contributed by atoms with Crippen LogP contribution in [0.3, 0.4) is 0 Å². The van der Waals surface area contributed by atoms with Crippen LogP contribution in [0.5, 0.6) is 5.75 Å². The fraction of sp³-hybridized carbons (Fsp3) is 0.500. The van der Waals surface area contributed by atoms with Gasteiger partial charge in [-0.15, -0.1) is 0 Å². The van der Waals surface area contributed by atoms with Crippen molar-refractivity contribution >= 4 is 0 Å². The zero-order valence-corrected chi connectivity index (χ0v) is 11.1. The van der Waals surface area contributed by atoms with Crippen molar-refractivity contribution in [3.63, 3.8) is 0 Å². The van der Waals surface area contributed by atoms with Crippen molar-refractivity contribution in [1.82, 2.24) is 5.32 Å². The number of benzene rings is 1. The molecule has 5 nitrogen and oxygen atoms in total. The Labute approximate surface area is 113 Å². The second-order valence-electron chi connectivity index (χ2n) is 4.14. The molecule has 0 radical (unpaired) electrons. The zero-order chi connectivity index (χ0) is 13.9. The lowest BCUT2D eigenvalue weighted by Crippen LogP contribution is -2.33. The Balaban J connectivity index is 2.41. The Kier molecular flexibility index (Phi) is 7.59. The minimum atomic E-state index is 0.0595. The highest BCUT2D eigenvalue weighted by molar-refractivity contribution is 5.27. The van der Waals surface area contributed by atoms with Crippen LogP contribution in [0, 0.1) is 11.3 Å². The molecular weight excluding hydrogens is 244 g/mol. The molecule has 0 spiro atoms. The van der Waals surface area contributed by atoms with Crippen LogP contribution in [-0.2, 0) is 11.3 Å². The predicted molar refractivity (Wildman–Crippen MR) is 71.8 cm³/mol. The first-order valence-corrected chi connectivity index (χ1v) is 6.22. The Hall–Kier alpha value is -1.61. The maximum atomic E-state index is 8.94. The van der Waals surface area contributed by atoms with Crippen LogP contribution < -0.4 is 10.1 Å². The Morgan fingerprint density at radius 3 is 2.68 bits per heavy atom. The molecule has 0 saturated heterocycles. The van der Waals surface area contributed by atoms with E-state index in [1.165, 1.54) is 0 Å². The molecule has 0 amide bonds. The van der Waals surface area contributed by atoms with Crippen LogP contribution in [0.2, 0.25) is 0 Å². The van der Waals surface area contributed by atoms with Crippen molar-refractivity contribution in [2.75, 3.05) is 26.9 Å². The molecule has 0 aliphatic heterocycles. The van der Waals surface area contributed by atoms with Gasteiger partial charge in [0.1, 0.15) is 11.8 Å². The molecule has 19 heavy (non-hydrogen) atoms. The summed E-state index contributed by atoms with van der Waals surface area (Å²) in [5.41, 5.74) is 1.11. The third-order valence-electron chi connectivity index (χ3n) is 2.67. The molecule has 104 valence electrons. The standard InChI is InChI=1S/C14H20N2O3/c1-18-11-13(6-8-17)16-10-12-2-4-14(5-3-12)19-9-7-15/h2-5,13,16-17H,6,8-11H2,1H3. The second-order valence-corrected chi connectivity index (χ2v) is 4.14. The smallest absolute Gasteiger partial charge is 0.174 e. The maximum Gasteiger partial charge on any atom is 0.174 e. The van der Waals surface area contributed by atoms with Crippen LogP contribution in [0.15, 0.2) is 24.3 Å². The number of aliphatic hydroxyl groups is 1. The van der Waals surface area contributed by atoms with E-state index in [1.807, 2.05) is 30.3 Å². The van der Waals surface area contributed by atoms with E-state index < -0.39 is 0 Å². The van der Waals surface area contributed by atoms with Gasteiger partial charge in [-0.2, -0.15) is 5.26 Å². The number of nitrogens with zero attached hydrogens (tertiary/aromatic N) is 1. The molecule has 0 aliphatic carbocycles. The lowest BCUT2D eigenvalue weighted by atomic mass is 10.2. The SMILES string of the molecule is COCC(CCO)NCc1ccc(OCC#N)cc1. The van der Waals surface area contributed by atoms with E-state index in [4.69, 9.17) is 19.8 Å². The quantitative estimate of drug-likeness (QED) is 0.698. The van der Waals surface area contributed by atoms with Crippen molar-refractivity contribution in [3.05, 3.63) is 29.8 Å². The molecule has 1 aromatic rings. The number of rotatable bonds is 9. The fourth-order valence-corrected chi connectivity index (χ4v) is 1.68. The normalized spacial score (nSPS) is 11.8. The number of methoxy groups -OCH3 is 1. The zero-order valence-electron chi connectivity index (χ0n) is 11.1. The van der Waals surface area contributed by atoms with E-state index in [0.29, 0.717) is 25.3 Å². The van der Waals surface area contributed by atoms with Crippen LogP contribution in [0.25, 0.3) is 0 Å². The molecule has 1 unspecified atom stereocenters. The minimum absolute atomic E-state index is 0.0595. The monoisotopic (exact) mass is 264 g/mol. The number of nitriles is 1. The summed E-state index contributed by atoms with van der Waals surface area (Å²) >= 11 is 0.